The van der Waals surface area contributed by atoms with E-state index in [9.17, 15) is 0 Å². The minimum atomic E-state index is 0.598. The van der Waals surface area contributed by atoms with E-state index >= 15 is 0 Å². The van der Waals surface area contributed by atoms with Crippen LogP contribution in [0.2, 0.25) is 0 Å². The summed E-state index contributed by atoms with van der Waals surface area (Å²) < 4.78 is 1.48. The van der Waals surface area contributed by atoms with E-state index in [0.29, 0.717) is 6.04 Å². The molecule has 17 heavy (non-hydrogen) atoms. The highest BCUT2D eigenvalue weighted by molar-refractivity contribution is 14.1. The Balaban J connectivity index is 2.09. The highest BCUT2D eigenvalue weighted by Crippen LogP contribution is 2.29. The van der Waals surface area contributed by atoms with Gasteiger partial charge in [0.1, 0.15) is 0 Å². The standard InChI is InChI=1S/C15H20IN/c1-12(16)15-9-6-10-17(13(15)2)11-14-7-4-3-5-8-14/h3-5,7-8,13H,6,9-11H2,1-2H3/b15-12+. The fourth-order valence-corrected chi connectivity index (χ4v) is 3.31. The zero-order chi connectivity index (χ0) is 12.3. The normalized spacial score (nSPS) is 24.8. The zero-order valence-electron chi connectivity index (χ0n) is 10.6. The van der Waals surface area contributed by atoms with Crippen LogP contribution in [-0.4, -0.2) is 17.5 Å². The van der Waals surface area contributed by atoms with Crippen LogP contribution in [0.4, 0.5) is 0 Å². The topological polar surface area (TPSA) is 3.24 Å². The number of piperidine rings is 1. The highest BCUT2D eigenvalue weighted by atomic mass is 127. The van der Waals surface area contributed by atoms with Crippen LogP contribution in [0.15, 0.2) is 39.5 Å². The van der Waals surface area contributed by atoms with E-state index in [4.69, 9.17) is 0 Å². The summed E-state index contributed by atoms with van der Waals surface area (Å²) in [5, 5.41) is 0. The van der Waals surface area contributed by atoms with E-state index in [1.807, 2.05) is 0 Å². The maximum absolute atomic E-state index is 2.59. The molecule has 1 aromatic rings. The number of halogens is 1. The predicted molar refractivity (Wildman–Crippen MR) is 82.3 cm³/mol. The molecule has 0 radical (unpaired) electrons. The quantitative estimate of drug-likeness (QED) is 0.722. The first kappa shape index (κ1) is 13.1. The van der Waals surface area contributed by atoms with Crippen LogP contribution < -0.4 is 0 Å². The molecule has 1 aromatic carbocycles. The summed E-state index contributed by atoms with van der Waals surface area (Å²) in [4.78, 5) is 2.59. The number of nitrogens with zero attached hydrogens (tertiary/aromatic N) is 1. The van der Waals surface area contributed by atoms with Gasteiger partial charge in [-0.15, -0.1) is 0 Å². The molecule has 1 aliphatic rings. The molecule has 1 nitrogen and oxygen atoms in total. The fraction of sp³-hybridized carbons (Fsp3) is 0.467. The fourth-order valence-electron chi connectivity index (χ4n) is 2.59. The van der Waals surface area contributed by atoms with Gasteiger partial charge >= 0.3 is 0 Å². The SMILES string of the molecule is C/C(I)=C1/CCCN(Cc2ccccc2)C1C. The van der Waals surface area contributed by atoms with Gasteiger partial charge in [-0.25, -0.2) is 0 Å². The zero-order valence-corrected chi connectivity index (χ0v) is 12.8. The third-order valence-corrected chi connectivity index (χ3v) is 4.31. The Labute approximate surface area is 118 Å². The molecule has 1 heterocycles. The van der Waals surface area contributed by atoms with Crippen molar-refractivity contribution in [1.29, 1.82) is 0 Å². The Morgan fingerprint density at radius 3 is 2.71 bits per heavy atom. The molecular weight excluding hydrogens is 321 g/mol. The molecule has 0 aliphatic carbocycles. The minimum absolute atomic E-state index is 0.598. The lowest BCUT2D eigenvalue weighted by atomic mass is 9.96. The van der Waals surface area contributed by atoms with Crippen molar-refractivity contribution in [1.82, 2.24) is 4.90 Å². The van der Waals surface area contributed by atoms with Crippen LogP contribution in [0.5, 0.6) is 0 Å². The van der Waals surface area contributed by atoms with Crippen LogP contribution in [-0.2, 0) is 6.54 Å². The number of benzene rings is 1. The van der Waals surface area contributed by atoms with Gasteiger partial charge in [-0.3, -0.25) is 4.90 Å². The molecular formula is C15H20IN. The molecule has 1 saturated heterocycles. The van der Waals surface area contributed by atoms with Crippen LogP contribution >= 0.6 is 22.6 Å². The molecule has 0 spiro atoms. The Morgan fingerprint density at radius 1 is 1.35 bits per heavy atom. The van der Waals surface area contributed by atoms with Gasteiger partial charge in [-0.05, 0) is 70.5 Å². The van der Waals surface area contributed by atoms with E-state index in [0.717, 1.165) is 6.54 Å². The number of allylic oxidation sites excluding steroid dienone is 1. The minimum Gasteiger partial charge on any atom is -0.293 e. The number of likely N-dealkylation sites (tertiary alicyclic amines) is 1. The van der Waals surface area contributed by atoms with Crippen LogP contribution in [0.1, 0.15) is 32.3 Å². The van der Waals surface area contributed by atoms with Crippen LogP contribution in [0, 0.1) is 0 Å². The monoisotopic (exact) mass is 341 g/mol. The molecule has 1 fully saturated rings. The third kappa shape index (κ3) is 3.32. The molecule has 2 heteroatoms. The smallest absolute Gasteiger partial charge is 0.0292 e. The van der Waals surface area contributed by atoms with Crippen molar-refractivity contribution in [2.45, 2.75) is 39.3 Å². The second-order valence-electron chi connectivity index (χ2n) is 4.79. The molecule has 0 amide bonds. The van der Waals surface area contributed by atoms with Crippen LogP contribution in [0.25, 0.3) is 0 Å². The molecule has 1 aliphatic heterocycles. The Hall–Kier alpha value is -0.350. The highest BCUT2D eigenvalue weighted by Gasteiger charge is 2.23. The maximum atomic E-state index is 2.59. The van der Waals surface area contributed by atoms with Crippen molar-refractivity contribution in [3.8, 4) is 0 Å². The molecule has 1 atom stereocenters. The Morgan fingerprint density at radius 2 is 2.06 bits per heavy atom. The number of rotatable bonds is 2. The molecule has 0 aromatic heterocycles. The lowest BCUT2D eigenvalue weighted by Crippen LogP contribution is -2.38. The summed E-state index contributed by atoms with van der Waals surface area (Å²) in [6, 6.07) is 11.4. The van der Waals surface area contributed by atoms with Crippen molar-refractivity contribution in [2.75, 3.05) is 6.54 Å². The summed E-state index contributed by atoms with van der Waals surface area (Å²) >= 11 is 2.47. The summed E-state index contributed by atoms with van der Waals surface area (Å²) in [5.74, 6) is 0. The Kier molecular flexibility index (Phi) is 4.62. The molecule has 1 unspecified atom stereocenters. The van der Waals surface area contributed by atoms with Crippen molar-refractivity contribution >= 4 is 22.6 Å². The molecule has 0 saturated carbocycles. The van der Waals surface area contributed by atoms with Crippen molar-refractivity contribution < 1.29 is 0 Å². The first-order valence-corrected chi connectivity index (χ1v) is 7.39. The predicted octanol–water partition coefficient (Wildman–Crippen LogP) is 4.38. The van der Waals surface area contributed by atoms with E-state index in [1.54, 1.807) is 5.57 Å². The molecule has 2 rings (SSSR count). The van der Waals surface area contributed by atoms with E-state index in [2.05, 4.69) is 71.7 Å². The summed E-state index contributed by atoms with van der Waals surface area (Å²) in [6.45, 7) is 6.89. The van der Waals surface area contributed by atoms with Gasteiger partial charge in [0.05, 0.1) is 0 Å². The second-order valence-corrected chi connectivity index (χ2v) is 6.41. The van der Waals surface area contributed by atoms with Gasteiger partial charge in [-0.1, -0.05) is 30.3 Å². The van der Waals surface area contributed by atoms with E-state index < -0.39 is 0 Å². The molecule has 0 N–H and O–H groups in total. The van der Waals surface area contributed by atoms with E-state index in [-0.39, 0.29) is 0 Å². The Bertz CT molecular complexity index is 393. The molecule has 0 bridgehead atoms. The van der Waals surface area contributed by atoms with Gasteiger partial charge in [-0.2, -0.15) is 0 Å². The van der Waals surface area contributed by atoms with Gasteiger partial charge in [0.25, 0.3) is 0 Å². The van der Waals surface area contributed by atoms with Gasteiger partial charge in [0, 0.05) is 12.6 Å². The first-order valence-electron chi connectivity index (χ1n) is 6.31. The molecule has 92 valence electrons. The lowest BCUT2D eigenvalue weighted by molar-refractivity contribution is 0.194. The summed E-state index contributed by atoms with van der Waals surface area (Å²) in [6.07, 6.45) is 2.58. The second kappa shape index (κ2) is 6.01. The average molecular weight is 341 g/mol. The lowest BCUT2D eigenvalue weighted by Gasteiger charge is -2.36. The van der Waals surface area contributed by atoms with Gasteiger partial charge in [0.15, 0.2) is 0 Å². The number of hydrogen-bond donors (Lipinski definition) is 0. The largest absolute Gasteiger partial charge is 0.293 e. The van der Waals surface area contributed by atoms with E-state index in [1.165, 1.54) is 28.5 Å². The first-order chi connectivity index (χ1) is 8.18. The van der Waals surface area contributed by atoms with Gasteiger partial charge < -0.3 is 0 Å². The average Bonchev–Trinajstić information content (AvgIpc) is 2.33. The summed E-state index contributed by atoms with van der Waals surface area (Å²) in [7, 11) is 0. The van der Waals surface area contributed by atoms with Crippen molar-refractivity contribution in [2.24, 2.45) is 0 Å². The van der Waals surface area contributed by atoms with Gasteiger partial charge in [0.2, 0.25) is 0 Å². The van der Waals surface area contributed by atoms with Crippen molar-refractivity contribution in [3.05, 3.63) is 45.0 Å². The summed E-state index contributed by atoms with van der Waals surface area (Å²) in [5.41, 5.74) is 3.06. The number of hydrogen-bond acceptors (Lipinski definition) is 1. The van der Waals surface area contributed by atoms with Crippen LogP contribution in [0.3, 0.4) is 0 Å². The van der Waals surface area contributed by atoms with Crippen molar-refractivity contribution in [3.63, 3.8) is 0 Å². The maximum Gasteiger partial charge on any atom is 0.0292 e. The third-order valence-electron chi connectivity index (χ3n) is 3.61.